The normalized spacial score (nSPS) is 15.1. The van der Waals surface area contributed by atoms with Crippen LogP contribution in [0.1, 0.15) is 36.0 Å². The Kier molecular flexibility index (Phi) is 5.22. The number of carbonyl (C=O) groups is 1. The number of benzene rings is 1. The van der Waals surface area contributed by atoms with E-state index < -0.39 is 5.82 Å². The highest BCUT2D eigenvalue weighted by Gasteiger charge is 2.29. The molecule has 0 spiro atoms. The molecule has 0 atom stereocenters. The Hall–Kier alpha value is -0.610. The summed E-state index contributed by atoms with van der Waals surface area (Å²) < 4.78 is 13.1. The van der Waals surface area contributed by atoms with Crippen LogP contribution in [-0.4, -0.2) is 28.7 Å². The molecule has 0 saturated heterocycles. The van der Waals surface area contributed by atoms with Crippen LogP contribution in [0, 0.1) is 5.82 Å². The smallest absolute Gasteiger partial charge is 0.254 e. The van der Waals surface area contributed by atoms with Crippen molar-refractivity contribution in [2.24, 2.45) is 0 Å². The standard InChI is InChI=1S/C14H16BrClFNO/c15-7-2-8-18(11-3-1-4-11)14(19)10-5-6-13(17)12(16)9-10/h5-6,9,11H,1-4,7-8H2. The molecular formula is C14H16BrClFNO. The fourth-order valence-corrected chi connectivity index (χ4v) is 2.60. The molecule has 1 saturated carbocycles. The van der Waals surface area contributed by atoms with Gasteiger partial charge in [0, 0.05) is 23.5 Å². The van der Waals surface area contributed by atoms with Gasteiger partial charge in [-0.25, -0.2) is 4.39 Å². The van der Waals surface area contributed by atoms with E-state index in [0.29, 0.717) is 11.6 Å². The fraction of sp³-hybridized carbons (Fsp3) is 0.500. The second-order valence-corrected chi connectivity index (χ2v) is 5.95. The molecule has 2 nitrogen and oxygen atoms in total. The van der Waals surface area contributed by atoms with E-state index in [0.717, 1.165) is 31.1 Å². The Morgan fingerprint density at radius 2 is 2.21 bits per heavy atom. The zero-order valence-corrected chi connectivity index (χ0v) is 12.9. The lowest BCUT2D eigenvalue weighted by molar-refractivity contribution is 0.0581. The van der Waals surface area contributed by atoms with Crippen LogP contribution in [0.2, 0.25) is 5.02 Å². The Balaban J connectivity index is 2.15. The van der Waals surface area contributed by atoms with Gasteiger partial charge in [0.05, 0.1) is 5.02 Å². The maximum Gasteiger partial charge on any atom is 0.254 e. The third kappa shape index (κ3) is 3.48. The first-order chi connectivity index (χ1) is 9.13. The Labute approximate surface area is 126 Å². The summed E-state index contributed by atoms with van der Waals surface area (Å²) in [5.41, 5.74) is 0.466. The monoisotopic (exact) mass is 347 g/mol. The topological polar surface area (TPSA) is 20.3 Å². The molecule has 19 heavy (non-hydrogen) atoms. The van der Waals surface area contributed by atoms with Crippen LogP contribution in [-0.2, 0) is 0 Å². The van der Waals surface area contributed by atoms with Gasteiger partial charge in [-0.2, -0.15) is 0 Å². The van der Waals surface area contributed by atoms with Crippen LogP contribution in [0.5, 0.6) is 0 Å². The Morgan fingerprint density at radius 3 is 2.74 bits per heavy atom. The van der Waals surface area contributed by atoms with Gasteiger partial charge in [-0.15, -0.1) is 0 Å². The van der Waals surface area contributed by atoms with E-state index >= 15 is 0 Å². The number of nitrogens with zero attached hydrogens (tertiary/aromatic N) is 1. The van der Waals surface area contributed by atoms with Gasteiger partial charge in [-0.3, -0.25) is 4.79 Å². The van der Waals surface area contributed by atoms with E-state index in [9.17, 15) is 9.18 Å². The highest BCUT2D eigenvalue weighted by molar-refractivity contribution is 9.09. The second kappa shape index (κ2) is 6.71. The maximum absolute atomic E-state index is 13.1. The molecular weight excluding hydrogens is 333 g/mol. The average Bonchev–Trinajstić information content (AvgIpc) is 2.34. The first-order valence-electron chi connectivity index (χ1n) is 6.45. The largest absolute Gasteiger partial charge is 0.336 e. The first kappa shape index (κ1) is 14.8. The molecule has 5 heteroatoms. The number of carbonyl (C=O) groups excluding carboxylic acids is 1. The Morgan fingerprint density at radius 1 is 1.47 bits per heavy atom. The predicted octanol–water partition coefficient (Wildman–Crippen LogP) is 4.26. The summed E-state index contributed by atoms with van der Waals surface area (Å²) >= 11 is 9.13. The van der Waals surface area contributed by atoms with E-state index in [-0.39, 0.29) is 10.9 Å². The van der Waals surface area contributed by atoms with Crippen molar-refractivity contribution in [1.29, 1.82) is 0 Å². The third-order valence-corrected chi connectivity index (χ3v) is 4.33. The molecule has 0 aromatic heterocycles. The molecule has 0 unspecified atom stereocenters. The van der Waals surface area contributed by atoms with Gasteiger partial charge in [0.15, 0.2) is 0 Å². The van der Waals surface area contributed by atoms with Crippen molar-refractivity contribution >= 4 is 33.4 Å². The first-order valence-corrected chi connectivity index (χ1v) is 7.95. The molecule has 0 heterocycles. The fourth-order valence-electron chi connectivity index (χ4n) is 2.17. The van der Waals surface area contributed by atoms with Crippen LogP contribution in [0.4, 0.5) is 4.39 Å². The average molecular weight is 349 g/mol. The van der Waals surface area contributed by atoms with Crippen molar-refractivity contribution < 1.29 is 9.18 Å². The molecule has 1 aromatic rings. The van der Waals surface area contributed by atoms with E-state index in [2.05, 4.69) is 15.9 Å². The second-order valence-electron chi connectivity index (χ2n) is 4.75. The van der Waals surface area contributed by atoms with Gasteiger partial charge in [-0.05, 0) is 43.9 Å². The van der Waals surface area contributed by atoms with Crippen molar-refractivity contribution in [1.82, 2.24) is 4.90 Å². The van der Waals surface area contributed by atoms with Crippen LogP contribution < -0.4 is 0 Å². The summed E-state index contributed by atoms with van der Waals surface area (Å²) in [6, 6.07) is 4.50. The number of hydrogen-bond acceptors (Lipinski definition) is 1. The summed E-state index contributed by atoms with van der Waals surface area (Å²) in [5, 5.41) is 0.869. The van der Waals surface area contributed by atoms with E-state index in [1.807, 2.05) is 4.90 Å². The molecule has 0 aliphatic heterocycles. The third-order valence-electron chi connectivity index (χ3n) is 3.48. The lowest BCUT2D eigenvalue weighted by Crippen LogP contribution is -2.44. The number of alkyl halides is 1. The Bertz CT molecular complexity index is 465. The summed E-state index contributed by atoms with van der Waals surface area (Å²) in [5.74, 6) is -0.540. The van der Waals surface area contributed by atoms with Crippen LogP contribution in [0.25, 0.3) is 0 Å². The van der Waals surface area contributed by atoms with Gasteiger partial charge < -0.3 is 4.90 Å². The molecule has 0 radical (unpaired) electrons. The van der Waals surface area contributed by atoms with E-state index in [1.165, 1.54) is 24.6 Å². The van der Waals surface area contributed by atoms with Gasteiger partial charge >= 0.3 is 0 Å². The van der Waals surface area contributed by atoms with E-state index in [1.54, 1.807) is 0 Å². The van der Waals surface area contributed by atoms with Gasteiger partial charge in [0.2, 0.25) is 0 Å². The molecule has 1 amide bonds. The predicted molar refractivity (Wildman–Crippen MR) is 78.5 cm³/mol. The molecule has 104 valence electrons. The molecule has 1 aromatic carbocycles. The highest BCUT2D eigenvalue weighted by Crippen LogP contribution is 2.27. The summed E-state index contributed by atoms with van der Waals surface area (Å²) in [6.07, 6.45) is 4.20. The quantitative estimate of drug-likeness (QED) is 0.728. The SMILES string of the molecule is O=C(c1ccc(F)c(Cl)c1)N(CCCBr)C1CCC1. The van der Waals surface area contributed by atoms with Gasteiger partial charge in [0.25, 0.3) is 5.91 Å². The molecule has 0 bridgehead atoms. The molecule has 0 N–H and O–H groups in total. The van der Waals surface area contributed by atoms with Crippen molar-refractivity contribution in [3.8, 4) is 0 Å². The molecule has 2 rings (SSSR count). The van der Waals surface area contributed by atoms with Gasteiger partial charge in [-0.1, -0.05) is 27.5 Å². The highest BCUT2D eigenvalue weighted by atomic mass is 79.9. The summed E-state index contributed by atoms with van der Waals surface area (Å²) in [6.45, 7) is 0.726. The van der Waals surface area contributed by atoms with E-state index in [4.69, 9.17) is 11.6 Å². The zero-order valence-electron chi connectivity index (χ0n) is 10.5. The number of rotatable bonds is 5. The van der Waals surface area contributed by atoms with Crippen molar-refractivity contribution in [2.75, 3.05) is 11.9 Å². The summed E-state index contributed by atoms with van der Waals surface area (Å²) in [4.78, 5) is 14.4. The number of halogens is 3. The summed E-state index contributed by atoms with van der Waals surface area (Å²) in [7, 11) is 0. The van der Waals surface area contributed by atoms with Crippen molar-refractivity contribution in [3.63, 3.8) is 0 Å². The minimum atomic E-state index is -0.492. The molecule has 1 aliphatic carbocycles. The van der Waals surface area contributed by atoms with Crippen LogP contribution >= 0.6 is 27.5 Å². The lowest BCUT2D eigenvalue weighted by atomic mass is 9.91. The van der Waals surface area contributed by atoms with Crippen molar-refractivity contribution in [3.05, 3.63) is 34.6 Å². The lowest BCUT2D eigenvalue weighted by Gasteiger charge is -2.37. The van der Waals surface area contributed by atoms with Crippen molar-refractivity contribution in [2.45, 2.75) is 31.7 Å². The maximum atomic E-state index is 13.1. The van der Waals surface area contributed by atoms with Crippen LogP contribution in [0.3, 0.4) is 0 Å². The minimum Gasteiger partial charge on any atom is -0.336 e. The van der Waals surface area contributed by atoms with Crippen LogP contribution in [0.15, 0.2) is 18.2 Å². The molecule has 1 fully saturated rings. The minimum absolute atomic E-state index is 0.0000917. The zero-order chi connectivity index (χ0) is 13.8. The molecule has 1 aliphatic rings. The number of hydrogen-bond donors (Lipinski definition) is 0. The number of amides is 1. The van der Waals surface area contributed by atoms with Gasteiger partial charge in [0.1, 0.15) is 5.82 Å².